The van der Waals surface area contributed by atoms with Gasteiger partial charge in [-0.1, -0.05) is 38.1 Å². The van der Waals surface area contributed by atoms with Crippen LogP contribution in [0.1, 0.15) is 46.8 Å². The zero-order valence-electron chi connectivity index (χ0n) is 17.4. The molecule has 7 heteroatoms. The van der Waals surface area contributed by atoms with Gasteiger partial charge in [-0.05, 0) is 47.7 Å². The van der Waals surface area contributed by atoms with Gasteiger partial charge in [-0.25, -0.2) is 9.59 Å². The highest BCUT2D eigenvalue weighted by molar-refractivity contribution is 6.02. The van der Waals surface area contributed by atoms with E-state index < -0.39 is 12.0 Å². The summed E-state index contributed by atoms with van der Waals surface area (Å²) in [5, 5.41) is 2.46. The smallest absolute Gasteiger partial charge is 0.338 e. The topological polar surface area (TPSA) is 84.9 Å². The van der Waals surface area contributed by atoms with E-state index in [0.29, 0.717) is 17.0 Å². The first-order chi connectivity index (χ1) is 14.4. The third-order valence-corrected chi connectivity index (χ3v) is 4.95. The lowest BCUT2D eigenvalue weighted by atomic mass is 9.98. The third kappa shape index (κ3) is 4.97. The number of benzene rings is 2. The van der Waals surface area contributed by atoms with Crippen LogP contribution in [0.3, 0.4) is 0 Å². The lowest BCUT2D eigenvalue weighted by Gasteiger charge is -2.15. The number of urea groups is 1. The Labute approximate surface area is 176 Å². The van der Waals surface area contributed by atoms with Crippen molar-refractivity contribution in [2.24, 2.45) is 0 Å². The number of ether oxygens (including phenoxy) is 2. The fourth-order valence-electron chi connectivity index (χ4n) is 3.40. The van der Waals surface area contributed by atoms with Crippen LogP contribution in [0.25, 0.3) is 0 Å². The second-order valence-corrected chi connectivity index (χ2v) is 7.45. The Hall–Kier alpha value is -3.35. The Morgan fingerprint density at radius 1 is 1.13 bits per heavy atom. The highest BCUT2D eigenvalue weighted by Crippen LogP contribution is 2.23. The highest BCUT2D eigenvalue weighted by Gasteiger charge is 2.29. The monoisotopic (exact) mass is 410 g/mol. The van der Waals surface area contributed by atoms with Crippen LogP contribution in [0.2, 0.25) is 0 Å². The molecule has 3 amide bonds. The van der Waals surface area contributed by atoms with Crippen LogP contribution in [0.4, 0.5) is 4.79 Å². The number of rotatable bonds is 8. The van der Waals surface area contributed by atoms with Crippen LogP contribution in [-0.4, -0.2) is 42.6 Å². The number of amides is 3. The summed E-state index contributed by atoms with van der Waals surface area (Å²) in [5.74, 6) is 0.330. The SMILES string of the molecule is Cc1cc(OCCOC(=O)c2ccccc2CN2C(=O)CNC2=O)ccc1C(C)C. The molecule has 1 fully saturated rings. The fraction of sp³-hybridized carbons (Fsp3) is 0.348. The number of imide groups is 1. The fourth-order valence-corrected chi connectivity index (χ4v) is 3.40. The quantitative estimate of drug-likeness (QED) is 0.410. The van der Waals surface area contributed by atoms with Gasteiger partial charge in [-0.2, -0.15) is 0 Å². The van der Waals surface area contributed by atoms with E-state index in [0.717, 1.165) is 16.2 Å². The molecule has 3 rings (SSSR count). The second kappa shape index (κ2) is 9.43. The lowest BCUT2D eigenvalue weighted by molar-refractivity contribution is -0.125. The first kappa shape index (κ1) is 21.4. The standard InChI is InChI=1S/C23H26N2O5/c1-15(2)19-9-8-18(12-16(19)3)29-10-11-30-22(27)20-7-5-4-6-17(20)14-25-21(26)13-24-23(25)28/h4-9,12,15H,10-11,13-14H2,1-3H3,(H,24,28). The predicted octanol–water partition coefficient (Wildman–Crippen LogP) is 3.41. The van der Waals surface area contributed by atoms with E-state index in [9.17, 15) is 14.4 Å². The number of nitrogens with zero attached hydrogens (tertiary/aromatic N) is 1. The normalized spacial score (nSPS) is 13.5. The van der Waals surface area contributed by atoms with Crippen molar-refractivity contribution in [1.29, 1.82) is 0 Å². The molecule has 158 valence electrons. The average molecular weight is 410 g/mol. The Morgan fingerprint density at radius 2 is 1.90 bits per heavy atom. The molecule has 2 aromatic carbocycles. The van der Waals surface area contributed by atoms with Crippen molar-refractivity contribution >= 4 is 17.9 Å². The first-order valence-electron chi connectivity index (χ1n) is 9.93. The zero-order chi connectivity index (χ0) is 21.7. The van der Waals surface area contributed by atoms with E-state index in [4.69, 9.17) is 9.47 Å². The minimum atomic E-state index is -0.521. The molecule has 1 aliphatic heterocycles. The molecule has 7 nitrogen and oxygen atoms in total. The van der Waals surface area contributed by atoms with E-state index in [1.807, 2.05) is 25.1 Å². The Morgan fingerprint density at radius 3 is 2.57 bits per heavy atom. The van der Waals surface area contributed by atoms with Crippen LogP contribution in [-0.2, 0) is 16.1 Å². The van der Waals surface area contributed by atoms with Gasteiger partial charge >= 0.3 is 12.0 Å². The second-order valence-electron chi connectivity index (χ2n) is 7.45. The summed E-state index contributed by atoms with van der Waals surface area (Å²) in [5.41, 5.74) is 3.31. The maximum absolute atomic E-state index is 12.5. The molecule has 1 heterocycles. The number of carbonyl (C=O) groups excluding carboxylic acids is 3. The molecule has 2 aromatic rings. The predicted molar refractivity (Wildman–Crippen MR) is 111 cm³/mol. The third-order valence-electron chi connectivity index (χ3n) is 4.95. The molecule has 0 aliphatic carbocycles. The van der Waals surface area contributed by atoms with E-state index in [1.54, 1.807) is 24.3 Å². The van der Waals surface area contributed by atoms with Crippen LogP contribution in [0, 0.1) is 6.92 Å². The van der Waals surface area contributed by atoms with Gasteiger partial charge in [0.25, 0.3) is 0 Å². The molecule has 0 radical (unpaired) electrons. The van der Waals surface area contributed by atoms with Gasteiger partial charge in [-0.15, -0.1) is 0 Å². The Bertz CT molecular complexity index is 938. The summed E-state index contributed by atoms with van der Waals surface area (Å²) in [7, 11) is 0. The number of esters is 1. The minimum absolute atomic E-state index is 0.0217. The molecule has 0 atom stereocenters. The number of carbonyl (C=O) groups is 3. The van der Waals surface area contributed by atoms with E-state index in [2.05, 4.69) is 19.2 Å². The van der Waals surface area contributed by atoms with E-state index in [1.165, 1.54) is 5.56 Å². The van der Waals surface area contributed by atoms with Gasteiger partial charge < -0.3 is 14.8 Å². The lowest BCUT2D eigenvalue weighted by Crippen LogP contribution is -2.31. The van der Waals surface area contributed by atoms with Crippen molar-refractivity contribution in [3.05, 3.63) is 64.7 Å². The van der Waals surface area contributed by atoms with Gasteiger partial charge in [-0.3, -0.25) is 9.69 Å². The van der Waals surface area contributed by atoms with Gasteiger partial charge in [0.05, 0.1) is 18.7 Å². The number of hydrogen-bond donors (Lipinski definition) is 1. The van der Waals surface area contributed by atoms with Crippen LogP contribution in [0.5, 0.6) is 5.75 Å². The molecule has 0 bridgehead atoms. The summed E-state index contributed by atoms with van der Waals surface area (Å²) in [4.78, 5) is 37.2. The average Bonchev–Trinajstić information content (AvgIpc) is 3.03. The van der Waals surface area contributed by atoms with Crippen molar-refractivity contribution in [2.45, 2.75) is 33.2 Å². The van der Waals surface area contributed by atoms with Crippen LogP contribution in [0.15, 0.2) is 42.5 Å². The molecular weight excluding hydrogens is 384 g/mol. The van der Waals surface area contributed by atoms with E-state index >= 15 is 0 Å². The summed E-state index contributed by atoms with van der Waals surface area (Å²) in [6.07, 6.45) is 0. The molecule has 1 saturated heterocycles. The molecular formula is C23H26N2O5. The molecule has 0 saturated carbocycles. The number of hydrogen-bond acceptors (Lipinski definition) is 5. The van der Waals surface area contributed by atoms with Crippen molar-refractivity contribution < 1.29 is 23.9 Å². The Balaban J connectivity index is 1.55. The van der Waals surface area contributed by atoms with Crippen molar-refractivity contribution in [2.75, 3.05) is 19.8 Å². The van der Waals surface area contributed by atoms with Crippen molar-refractivity contribution in [3.63, 3.8) is 0 Å². The molecule has 30 heavy (non-hydrogen) atoms. The van der Waals surface area contributed by atoms with Gasteiger partial charge in [0.2, 0.25) is 5.91 Å². The molecule has 0 unspecified atom stereocenters. The summed E-state index contributed by atoms with van der Waals surface area (Å²) in [6.45, 7) is 6.64. The molecule has 0 aromatic heterocycles. The molecule has 1 aliphatic rings. The van der Waals surface area contributed by atoms with Gasteiger partial charge in [0.15, 0.2) is 0 Å². The number of nitrogens with one attached hydrogen (secondary N) is 1. The number of aryl methyl sites for hydroxylation is 1. The summed E-state index contributed by atoms with van der Waals surface area (Å²) >= 11 is 0. The summed E-state index contributed by atoms with van der Waals surface area (Å²) < 4.78 is 11.0. The highest BCUT2D eigenvalue weighted by atomic mass is 16.6. The maximum atomic E-state index is 12.5. The van der Waals surface area contributed by atoms with Crippen LogP contribution < -0.4 is 10.1 Å². The zero-order valence-corrected chi connectivity index (χ0v) is 17.4. The summed E-state index contributed by atoms with van der Waals surface area (Å²) in [6, 6.07) is 12.2. The van der Waals surface area contributed by atoms with Crippen molar-refractivity contribution in [1.82, 2.24) is 10.2 Å². The molecule has 0 spiro atoms. The van der Waals surface area contributed by atoms with Gasteiger partial charge in [0.1, 0.15) is 19.0 Å². The van der Waals surface area contributed by atoms with E-state index in [-0.39, 0.29) is 32.2 Å². The van der Waals surface area contributed by atoms with Crippen LogP contribution >= 0.6 is 0 Å². The van der Waals surface area contributed by atoms with Crippen molar-refractivity contribution in [3.8, 4) is 5.75 Å². The maximum Gasteiger partial charge on any atom is 0.338 e. The Kier molecular flexibility index (Phi) is 6.72. The minimum Gasteiger partial charge on any atom is -0.490 e. The largest absolute Gasteiger partial charge is 0.490 e. The van der Waals surface area contributed by atoms with Gasteiger partial charge in [0, 0.05) is 0 Å². The first-order valence-corrected chi connectivity index (χ1v) is 9.93. The molecule has 1 N–H and O–H groups in total.